The summed E-state index contributed by atoms with van der Waals surface area (Å²) in [5.74, 6) is 1.29. The molecule has 1 fully saturated rings. The van der Waals surface area contributed by atoms with Gasteiger partial charge in [0.05, 0.1) is 7.11 Å². The zero-order valence-electron chi connectivity index (χ0n) is 15.1. The van der Waals surface area contributed by atoms with Crippen molar-refractivity contribution in [2.45, 2.75) is 45.4 Å². The third-order valence-electron chi connectivity index (χ3n) is 4.01. The molecule has 3 rings (SSSR count). The molecule has 0 spiro atoms. The van der Waals surface area contributed by atoms with Crippen LogP contribution >= 0.6 is 0 Å². The van der Waals surface area contributed by atoms with Crippen LogP contribution in [0.15, 0.2) is 30.5 Å². The van der Waals surface area contributed by atoms with E-state index in [1.807, 2.05) is 45.0 Å². The van der Waals surface area contributed by atoms with Crippen LogP contribution in [0.1, 0.15) is 33.6 Å². The third kappa shape index (κ3) is 3.95. The van der Waals surface area contributed by atoms with E-state index in [1.54, 1.807) is 18.2 Å². The SMILES string of the molecule is COc1ccc2c(OC3CCCN3C(=O)OC(C)(C)C)nccc2c1. The molecule has 1 atom stereocenters. The predicted octanol–water partition coefficient (Wildman–Crippen LogP) is 3.98. The van der Waals surface area contributed by atoms with Gasteiger partial charge in [-0.3, -0.25) is 4.90 Å². The van der Waals surface area contributed by atoms with Gasteiger partial charge in [0.25, 0.3) is 0 Å². The lowest BCUT2D eigenvalue weighted by Gasteiger charge is -2.28. The number of carbonyl (C=O) groups is 1. The van der Waals surface area contributed by atoms with Crippen molar-refractivity contribution in [1.82, 2.24) is 9.88 Å². The van der Waals surface area contributed by atoms with Gasteiger partial charge in [-0.1, -0.05) is 0 Å². The number of pyridine rings is 1. The summed E-state index contributed by atoms with van der Waals surface area (Å²) < 4.78 is 16.8. The molecule has 1 aliphatic rings. The summed E-state index contributed by atoms with van der Waals surface area (Å²) >= 11 is 0. The summed E-state index contributed by atoms with van der Waals surface area (Å²) in [4.78, 5) is 18.4. The first-order chi connectivity index (χ1) is 11.9. The number of likely N-dealkylation sites (tertiary alicyclic amines) is 1. The highest BCUT2D eigenvalue weighted by molar-refractivity contribution is 5.87. The van der Waals surface area contributed by atoms with E-state index >= 15 is 0 Å². The van der Waals surface area contributed by atoms with E-state index in [1.165, 1.54) is 0 Å². The number of ether oxygens (including phenoxy) is 3. The van der Waals surface area contributed by atoms with Crippen molar-refractivity contribution < 1.29 is 19.0 Å². The molecule has 0 bridgehead atoms. The fourth-order valence-corrected chi connectivity index (χ4v) is 2.87. The van der Waals surface area contributed by atoms with Gasteiger partial charge in [0.2, 0.25) is 5.88 Å². The zero-order chi connectivity index (χ0) is 18.0. The average Bonchev–Trinajstić information content (AvgIpc) is 3.01. The number of nitrogens with zero attached hydrogens (tertiary/aromatic N) is 2. The number of amides is 1. The minimum Gasteiger partial charge on any atom is -0.497 e. The molecule has 1 saturated heterocycles. The maximum Gasteiger partial charge on any atom is 0.413 e. The Labute approximate surface area is 147 Å². The second kappa shape index (κ2) is 6.78. The fraction of sp³-hybridized carbons (Fsp3) is 0.474. The van der Waals surface area contributed by atoms with Crippen LogP contribution in [-0.2, 0) is 4.74 Å². The first kappa shape index (κ1) is 17.3. The zero-order valence-corrected chi connectivity index (χ0v) is 15.1. The number of fused-ring (bicyclic) bond motifs is 1. The second-order valence-electron chi connectivity index (χ2n) is 7.09. The Kier molecular flexibility index (Phi) is 4.70. The first-order valence-corrected chi connectivity index (χ1v) is 8.46. The van der Waals surface area contributed by atoms with E-state index in [0.717, 1.165) is 29.4 Å². The van der Waals surface area contributed by atoms with Crippen molar-refractivity contribution in [3.63, 3.8) is 0 Å². The number of carbonyl (C=O) groups excluding carboxylic acids is 1. The maximum absolute atomic E-state index is 12.4. The molecule has 1 aliphatic heterocycles. The Balaban J connectivity index is 1.81. The smallest absolute Gasteiger partial charge is 0.413 e. The molecule has 134 valence electrons. The molecular weight excluding hydrogens is 320 g/mol. The van der Waals surface area contributed by atoms with E-state index < -0.39 is 5.60 Å². The fourth-order valence-electron chi connectivity index (χ4n) is 2.87. The third-order valence-corrected chi connectivity index (χ3v) is 4.01. The van der Waals surface area contributed by atoms with Crippen molar-refractivity contribution in [2.75, 3.05) is 13.7 Å². The Morgan fingerprint density at radius 2 is 2.08 bits per heavy atom. The summed E-state index contributed by atoms with van der Waals surface area (Å²) in [6, 6.07) is 7.63. The van der Waals surface area contributed by atoms with Gasteiger partial charge in [-0.15, -0.1) is 0 Å². The van der Waals surface area contributed by atoms with Crippen LogP contribution < -0.4 is 9.47 Å². The second-order valence-corrected chi connectivity index (χ2v) is 7.09. The number of methoxy groups -OCH3 is 1. The van der Waals surface area contributed by atoms with Crippen molar-refractivity contribution in [3.8, 4) is 11.6 Å². The Morgan fingerprint density at radius 1 is 1.28 bits per heavy atom. The highest BCUT2D eigenvalue weighted by Crippen LogP contribution is 2.30. The first-order valence-electron chi connectivity index (χ1n) is 8.46. The van der Waals surface area contributed by atoms with Gasteiger partial charge in [-0.05, 0) is 56.8 Å². The highest BCUT2D eigenvalue weighted by atomic mass is 16.6. The van der Waals surface area contributed by atoms with Crippen LogP contribution in [0.5, 0.6) is 11.6 Å². The van der Waals surface area contributed by atoms with Crippen molar-refractivity contribution in [1.29, 1.82) is 0 Å². The number of aromatic nitrogens is 1. The molecule has 2 aromatic rings. The van der Waals surface area contributed by atoms with E-state index in [0.29, 0.717) is 12.4 Å². The van der Waals surface area contributed by atoms with Gasteiger partial charge in [-0.25, -0.2) is 9.78 Å². The van der Waals surface area contributed by atoms with Crippen LogP contribution in [0, 0.1) is 0 Å². The lowest BCUT2D eigenvalue weighted by atomic mass is 10.1. The van der Waals surface area contributed by atoms with Crippen LogP contribution in [-0.4, -0.2) is 41.5 Å². The minimum atomic E-state index is -0.529. The molecule has 0 radical (unpaired) electrons. The minimum absolute atomic E-state index is 0.350. The average molecular weight is 344 g/mol. The topological polar surface area (TPSA) is 60.9 Å². The standard InChI is InChI=1S/C19H24N2O4/c1-19(2,3)25-18(22)21-11-5-6-16(21)24-17-15-8-7-14(23-4)12-13(15)9-10-20-17/h7-10,12,16H,5-6,11H2,1-4H3. The molecule has 1 aromatic heterocycles. The molecule has 1 aromatic carbocycles. The van der Waals surface area contributed by atoms with Gasteiger partial charge < -0.3 is 14.2 Å². The Hall–Kier alpha value is -2.50. The molecule has 1 unspecified atom stereocenters. The van der Waals surface area contributed by atoms with Crippen molar-refractivity contribution in [2.24, 2.45) is 0 Å². The molecule has 0 aliphatic carbocycles. The number of hydrogen-bond acceptors (Lipinski definition) is 5. The normalized spacial score (nSPS) is 17.6. The van der Waals surface area contributed by atoms with Crippen LogP contribution in [0.4, 0.5) is 4.79 Å². The molecule has 0 N–H and O–H groups in total. The predicted molar refractivity (Wildman–Crippen MR) is 94.9 cm³/mol. The van der Waals surface area contributed by atoms with Gasteiger partial charge in [-0.2, -0.15) is 0 Å². The van der Waals surface area contributed by atoms with Gasteiger partial charge >= 0.3 is 6.09 Å². The largest absolute Gasteiger partial charge is 0.497 e. The lowest BCUT2D eigenvalue weighted by Crippen LogP contribution is -2.42. The van der Waals surface area contributed by atoms with Gasteiger partial charge in [0, 0.05) is 24.5 Å². The maximum atomic E-state index is 12.4. The van der Waals surface area contributed by atoms with Crippen molar-refractivity contribution >= 4 is 16.9 Å². The van der Waals surface area contributed by atoms with E-state index in [-0.39, 0.29) is 12.3 Å². The van der Waals surface area contributed by atoms with Gasteiger partial charge in [0.15, 0.2) is 6.23 Å². The lowest BCUT2D eigenvalue weighted by molar-refractivity contribution is -0.00574. The molecule has 25 heavy (non-hydrogen) atoms. The van der Waals surface area contributed by atoms with Crippen LogP contribution in [0.25, 0.3) is 10.8 Å². The summed E-state index contributed by atoms with van der Waals surface area (Å²) in [5.41, 5.74) is -0.529. The Morgan fingerprint density at radius 3 is 2.80 bits per heavy atom. The summed E-state index contributed by atoms with van der Waals surface area (Å²) in [5, 5.41) is 1.87. The number of hydrogen-bond donors (Lipinski definition) is 0. The van der Waals surface area contributed by atoms with Crippen molar-refractivity contribution in [3.05, 3.63) is 30.5 Å². The monoisotopic (exact) mass is 344 g/mol. The summed E-state index contributed by atoms with van der Waals surface area (Å²) in [6.45, 7) is 6.20. The molecular formula is C19H24N2O4. The van der Waals surface area contributed by atoms with Gasteiger partial charge in [0.1, 0.15) is 11.4 Å². The quantitative estimate of drug-likeness (QED) is 0.843. The molecule has 0 saturated carbocycles. The highest BCUT2D eigenvalue weighted by Gasteiger charge is 2.34. The summed E-state index contributed by atoms with van der Waals surface area (Å²) in [7, 11) is 1.64. The number of rotatable bonds is 3. The molecule has 1 amide bonds. The van der Waals surface area contributed by atoms with E-state index in [9.17, 15) is 4.79 Å². The van der Waals surface area contributed by atoms with Crippen LogP contribution in [0.3, 0.4) is 0 Å². The van der Waals surface area contributed by atoms with E-state index in [2.05, 4.69) is 4.98 Å². The summed E-state index contributed by atoms with van der Waals surface area (Å²) in [6.07, 6.45) is 2.62. The molecule has 6 nitrogen and oxygen atoms in total. The van der Waals surface area contributed by atoms with E-state index in [4.69, 9.17) is 14.2 Å². The molecule has 6 heteroatoms. The number of benzene rings is 1. The molecule has 2 heterocycles. The van der Waals surface area contributed by atoms with Crippen LogP contribution in [0.2, 0.25) is 0 Å². The Bertz CT molecular complexity index is 770.